The summed E-state index contributed by atoms with van der Waals surface area (Å²) in [7, 11) is 1.70. The first-order valence-electron chi connectivity index (χ1n) is 7.08. The summed E-state index contributed by atoms with van der Waals surface area (Å²) in [6.07, 6.45) is 4.20. The highest BCUT2D eigenvalue weighted by Gasteiger charge is 2.30. The highest BCUT2D eigenvalue weighted by atomic mass is 16.5. The number of rotatable bonds is 4. The van der Waals surface area contributed by atoms with E-state index in [1.54, 1.807) is 7.11 Å². The summed E-state index contributed by atoms with van der Waals surface area (Å²) in [5.41, 5.74) is 3.64. The van der Waals surface area contributed by atoms with Gasteiger partial charge in [-0.05, 0) is 55.5 Å². The summed E-state index contributed by atoms with van der Waals surface area (Å²) in [6.45, 7) is 2.04. The molecule has 2 aromatic rings. The molecule has 3 heteroatoms. The second-order valence-corrected chi connectivity index (χ2v) is 5.42. The van der Waals surface area contributed by atoms with E-state index in [1.807, 2.05) is 31.3 Å². The minimum Gasteiger partial charge on any atom is -0.497 e. The summed E-state index contributed by atoms with van der Waals surface area (Å²) >= 11 is 0. The molecule has 1 aromatic heterocycles. The quantitative estimate of drug-likeness (QED) is 0.916. The van der Waals surface area contributed by atoms with Crippen molar-refractivity contribution in [2.24, 2.45) is 0 Å². The van der Waals surface area contributed by atoms with Crippen LogP contribution in [0.3, 0.4) is 0 Å². The van der Waals surface area contributed by atoms with Crippen molar-refractivity contribution in [3.8, 4) is 5.75 Å². The van der Waals surface area contributed by atoms with Gasteiger partial charge in [-0.15, -0.1) is 0 Å². The number of benzene rings is 1. The Morgan fingerprint density at radius 3 is 2.55 bits per heavy atom. The third kappa shape index (κ3) is 2.62. The van der Waals surface area contributed by atoms with E-state index < -0.39 is 0 Å². The molecule has 0 atom stereocenters. The van der Waals surface area contributed by atoms with Gasteiger partial charge < -0.3 is 10.1 Å². The number of ether oxygens (including phenoxy) is 1. The molecule has 1 N–H and O–H groups in total. The molecule has 0 unspecified atom stereocenters. The van der Waals surface area contributed by atoms with Crippen LogP contribution in [-0.2, 0) is 0 Å². The number of nitrogens with zero attached hydrogens (tertiary/aromatic N) is 1. The number of aryl methyl sites for hydroxylation is 1. The molecule has 3 nitrogen and oxygen atoms in total. The maximum atomic E-state index is 5.19. The van der Waals surface area contributed by atoms with Crippen molar-refractivity contribution in [3.63, 3.8) is 0 Å². The van der Waals surface area contributed by atoms with Gasteiger partial charge in [-0.2, -0.15) is 0 Å². The average molecular weight is 268 g/mol. The Balaban J connectivity index is 1.57. The highest BCUT2D eigenvalue weighted by molar-refractivity contribution is 5.48. The molecule has 20 heavy (non-hydrogen) atoms. The maximum absolute atomic E-state index is 5.19. The molecule has 1 aromatic carbocycles. The van der Waals surface area contributed by atoms with Gasteiger partial charge in [-0.1, -0.05) is 12.1 Å². The molecule has 1 aliphatic carbocycles. The first-order valence-corrected chi connectivity index (χ1v) is 7.08. The molecule has 0 amide bonds. The number of hydrogen-bond acceptors (Lipinski definition) is 3. The lowest BCUT2D eigenvalue weighted by Gasteiger charge is -2.37. The van der Waals surface area contributed by atoms with E-state index in [2.05, 4.69) is 28.5 Å². The molecule has 3 rings (SSSR count). The SMILES string of the molecule is COc1ccc(C2CC(Nc3cccnc3C)C2)cc1. The third-order valence-corrected chi connectivity index (χ3v) is 4.09. The topological polar surface area (TPSA) is 34.1 Å². The zero-order valence-electron chi connectivity index (χ0n) is 12.0. The molecule has 0 spiro atoms. The average Bonchev–Trinajstić information content (AvgIpc) is 2.44. The van der Waals surface area contributed by atoms with E-state index in [9.17, 15) is 0 Å². The van der Waals surface area contributed by atoms with E-state index >= 15 is 0 Å². The Morgan fingerprint density at radius 1 is 1.15 bits per heavy atom. The van der Waals surface area contributed by atoms with Crippen LogP contribution in [-0.4, -0.2) is 18.1 Å². The minimum atomic E-state index is 0.560. The zero-order valence-corrected chi connectivity index (χ0v) is 12.0. The lowest BCUT2D eigenvalue weighted by atomic mass is 9.76. The van der Waals surface area contributed by atoms with Gasteiger partial charge in [0.05, 0.1) is 18.5 Å². The largest absolute Gasteiger partial charge is 0.497 e. The van der Waals surface area contributed by atoms with Crippen molar-refractivity contribution in [2.75, 3.05) is 12.4 Å². The van der Waals surface area contributed by atoms with Crippen LogP contribution in [0.1, 0.15) is 30.0 Å². The minimum absolute atomic E-state index is 0.560. The number of anilines is 1. The Hall–Kier alpha value is -2.03. The fourth-order valence-corrected chi connectivity index (χ4v) is 2.74. The summed E-state index contributed by atoms with van der Waals surface area (Å²) < 4.78 is 5.19. The zero-order chi connectivity index (χ0) is 13.9. The van der Waals surface area contributed by atoms with Crippen molar-refractivity contribution in [1.29, 1.82) is 0 Å². The van der Waals surface area contributed by atoms with Crippen LogP contribution in [0.25, 0.3) is 0 Å². The van der Waals surface area contributed by atoms with Crippen LogP contribution in [0.4, 0.5) is 5.69 Å². The number of pyridine rings is 1. The fraction of sp³-hybridized carbons (Fsp3) is 0.353. The van der Waals surface area contributed by atoms with Crippen molar-refractivity contribution < 1.29 is 4.74 Å². The van der Waals surface area contributed by atoms with Gasteiger partial charge in [0, 0.05) is 12.2 Å². The van der Waals surface area contributed by atoms with E-state index in [1.165, 1.54) is 18.4 Å². The predicted molar refractivity (Wildman–Crippen MR) is 81.4 cm³/mol. The first-order chi connectivity index (χ1) is 9.76. The van der Waals surface area contributed by atoms with Crippen LogP contribution in [0, 0.1) is 6.92 Å². The smallest absolute Gasteiger partial charge is 0.118 e. The Bertz CT molecular complexity index is 574. The lowest BCUT2D eigenvalue weighted by Crippen LogP contribution is -2.34. The molecule has 0 bridgehead atoms. The van der Waals surface area contributed by atoms with Gasteiger partial charge in [0.15, 0.2) is 0 Å². The second kappa shape index (κ2) is 5.53. The molecular weight excluding hydrogens is 248 g/mol. The van der Waals surface area contributed by atoms with Crippen molar-refractivity contribution >= 4 is 5.69 Å². The first kappa shape index (κ1) is 13.0. The third-order valence-electron chi connectivity index (χ3n) is 4.09. The maximum Gasteiger partial charge on any atom is 0.118 e. The summed E-state index contributed by atoms with van der Waals surface area (Å²) in [5, 5.41) is 3.58. The van der Waals surface area contributed by atoms with Gasteiger partial charge in [-0.25, -0.2) is 0 Å². The monoisotopic (exact) mass is 268 g/mol. The number of aromatic nitrogens is 1. The van der Waals surface area contributed by atoms with Crippen LogP contribution in [0.15, 0.2) is 42.6 Å². The van der Waals surface area contributed by atoms with E-state index in [-0.39, 0.29) is 0 Å². The van der Waals surface area contributed by atoms with Crippen LogP contribution in [0.2, 0.25) is 0 Å². The number of methoxy groups -OCH3 is 1. The van der Waals surface area contributed by atoms with Gasteiger partial charge in [0.1, 0.15) is 5.75 Å². The second-order valence-electron chi connectivity index (χ2n) is 5.42. The Labute approximate surface area is 120 Å². The molecular formula is C17H20N2O. The van der Waals surface area contributed by atoms with Crippen molar-refractivity contribution in [1.82, 2.24) is 4.98 Å². The molecule has 0 saturated heterocycles. The van der Waals surface area contributed by atoms with E-state index in [4.69, 9.17) is 4.74 Å². The van der Waals surface area contributed by atoms with Crippen molar-refractivity contribution in [3.05, 3.63) is 53.9 Å². The molecule has 0 aliphatic heterocycles. The summed E-state index contributed by atoms with van der Waals surface area (Å²) in [4.78, 5) is 4.31. The molecule has 0 radical (unpaired) electrons. The fourth-order valence-electron chi connectivity index (χ4n) is 2.74. The Kier molecular flexibility index (Phi) is 3.59. The molecule has 1 saturated carbocycles. The van der Waals surface area contributed by atoms with E-state index in [0.29, 0.717) is 12.0 Å². The van der Waals surface area contributed by atoms with Crippen molar-refractivity contribution in [2.45, 2.75) is 31.7 Å². The van der Waals surface area contributed by atoms with E-state index in [0.717, 1.165) is 17.1 Å². The standard InChI is InChI=1S/C17H20N2O/c1-12-17(4-3-9-18-12)19-15-10-14(11-15)13-5-7-16(20-2)8-6-13/h3-9,14-15,19H,10-11H2,1-2H3. The molecule has 104 valence electrons. The van der Waals surface area contributed by atoms with Crippen LogP contribution in [0.5, 0.6) is 5.75 Å². The van der Waals surface area contributed by atoms with Gasteiger partial charge in [0.25, 0.3) is 0 Å². The normalized spacial score (nSPS) is 21.1. The lowest BCUT2D eigenvalue weighted by molar-refractivity contribution is 0.373. The highest BCUT2D eigenvalue weighted by Crippen LogP contribution is 2.39. The summed E-state index contributed by atoms with van der Waals surface area (Å²) in [5.74, 6) is 1.59. The summed E-state index contributed by atoms with van der Waals surface area (Å²) in [6, 6.07) is 13.1. The molecule has 1 heterocycles. The molecule has 1 fully saturated rings. The van der Waals surface area contributed by atoms with Crippen LogP contribution < -0.4 is 10.1 Å². The van der Waals surface area contributed by atoms with Gasteiger partial charge in [-0.3, -0.25) is 4.98 Å². The number of nitrogens with one attached hydrogen (secondary N) is 1. The van der Waals surface area contributed by atoms with Crippen LogP contribution >= 0.6 is 0 Å². The van der Waals surface area contributed by atoms with Gasteiger partial charge in [0.2, 0.25) is 0 Å². The van der Waals surface area contributed by atoms with Gasteiger partial charge >= 0.3 is 0 Å². The molecule has 1 aliphatic rings. The number of hydrogen-bond donors (Lipinski definition) is 1. The Morgan fingerprint density at radius 2 is 1.90 bits per heavy atom. The predicted octanol–water partition coefficient (Wildman–Crippen LogP) is 3.76.